The van der Waals surface area contributed by atoms with Gasteiger partial charge in [0, 0.05) is 12.0 Å². The second kappa shape index (κ2) is 5.63. The van der Waals surface area contributed by atoms with Gasteiger partial charge >= 0.3 is 5.97 Å². The van der Waals surface area contributed by atoms with Gasteiger partial charge in [0.15, 0.2) is 0 Å². The lowest BCUT2D eigenvalue weighted by molar-refractivity contribution is -0.136. The second-order valence-electron chi connectivity index (χ2n) is 5.51. The molecule has 1 aromatic rings. The maximum atomic E-state index is 12.0. The van der Waals surface area contributed by atoms with Crippen LogP contribution in [0.5, 0.6) is 0 Å². The van der Waals surface area contributed by atoms with Crippen LogP contribution in [0, 0.1) is 0 Å². The average molecular weight is 277 g/mol. The Labute approximate surface area is 117 Å². The quantitative estimate of drug-likeness (QED) is 0.758. The number of carboxylic acid groups (broad SMARTS) is 1. The summed E-state index contributed by atoms with van der Waals surface area (Å²) in [5, 5.41) is 21.3. The minimum Gasteiger partial charge on any atom is -0.481 e. The highest BCUT2D eigenvalue weighted by Crippen LogP contribution is 2.31. The standard InChI is InChI=1S/C15H19NO4/c1-15(20)9-8-12(15)16-14(19)11-5-2-10(3-6-11)4-7-13(17)18/h2-3,5-6,12,20H,4,7-9H2,1H3,(H,16,19)(H,17,18)/t12-,15-/m1/s1. The molecule has 0 aliphatic heterocycles. The minimum absolute atomic E-state index is 0.0798. The number of carbonyl (C=O) groups excluding carboxylic acids is 1. The monoisotopic (exact) mass is 277 g/mol. The number of nitrogens with one attached hydrogen (secondary N) is 1. The molecule has 5 heteroatoms. The van der Waals surface area contributed by atoms with Crippen LogP contribution in [0.25, 0.3) is 0 Å². The van der Waals surface area contributed by atoms with Crippen LogP contribution in [-0.4, -0.2) is 33.7 Å². The lowest BCUT2D eigenvalue weighted by atomic mass is 9.76. The topological polar surface area (TPSA) is 86.6 Å². The van der Waals surface area contributed by atoms with E-state index < -0.39 is 11.6 Å². The molecule has 0 radical (unpaired) electrons. The third kappa shape index (κ3) is 3.36. The SMILES string of the molecule is C[C@@]1(O)CC[C@H]1NC(=O)c1ccc(CCC(=O)O)cc1. The Balaban J connectivity index is 1.92. The van der Waals surface area contributed by atoms with Crippen molar-refractivity contribution in [1.82, 2.24) is 5.32 Å². The van der Waals surface area contributed by atoms with E-state index in [-0.39, 0.29) is 18.4 Å². The lowest BCUT2D eigenvalue weighted by Gasteiger charge is -2.42. The summed E-state index contributed by atoms with van der Waals surface area (Å²) in [4.78, 5) is 22.5. The predicted molar refractivity (Wildman–Crippen MR) is 73.5 cm³/mol. The van der Waals surface area contributed by atoms with E-state index in [1.807, 2.05) is 0 Å². The van der Waals surface area contributed by atoms with Gasteiger partial charge in [0.1, 0.15) is 0 Å². The van der Waals surface area contributed by atoms with Crippen molar-refractivity contribution in [2.45, 2.75) is 44.2 Å². The molecule has 1 amide bonds. The molecule has 3 N–H and O–H groups in total. The first-order valence-electron chi connectivity index (χ1n) is 6.72. The van der Waals surface area contributed by atoms with E-state index in [0.29, 0.717) is 18.4 Å². The van der Waals surface area contributed by atoms with E-state index in [1.165, 1.54) is 0 Å². The first kappa shape index (κ1) is 14.5. The fourth-order valence-electron chi connectivity index (χ4n) is 2.25. The molecule has 0 spiro atoms. The van der Waals surface area contributed by atoms with Crippen molar-refractivity contribution in [1.29, 1.82) is 0 Å². The molecule has 5 nitrogen and oxygen atoms in total. The Morgan fingerprint density at radius 3 is 2.45 bits per heavy atom. The molecular weight excluding hydrogens is 258 g/mol. The van der Waals surface area contributed by atoms with Gasteiger partial charge in [0.05, 0.1) is 11.6 Å². The van der Waals surface area contributed by atoms with Crippen LogP contribution in [0.1, 0.15) is 42.1 Å². The zero-order chi connectivity index (χ0) is 14.8. The van der Waals surface area contributed by atoms with Crippen molar-refractivity contribution >= 4 is 11.9 Å². The molecule has 1 fully saturated rings. The van der Waals surface area contributed by atoms with E-state index in [1.54, 1.807) is 31.2 Å². The van der Waals surface area contributed by atoms with Crippen molar-refractivity contribution in [3.05, 3.63) is 35.4 Å². The lowest BCUT2D eigenvalue weighted by Crippen LogP contribution is -2.58. The summed E-state index contributed by atoms with van der Waals surface area (Å²) in [6, 6.07) is 6.69. The predicted octanol–water partition coefficient (Wildman–Crippen LogP) is 1.35. The summed E-state index contributed by atoms with van der Waals surface area (Å²) >= 11 is 0. The molecule has 0 bridgehead atoms. The van der Waals surface area contributed by atoms with Crippen LogP contribution in [0.15, 0.2) is 24.3 Å². The second-order valence-corrected chi connectivity index (χ2v) is 5.51. The number of amides is 1. The van der Waals surface area contributed by atoms with Crippen molar-refractivity contribution in [3.63, 3.8) is 0 Å². The molecule has 108 valence electrons. The molecule has 1 aliphatic carbocycles. The molecule has 0 heterocycles. The molecule has 1 aliphatic rings. The maximum absolute atomic E-state index is 12.0. The number of hydrogen-bond acceptors (Lipinski definition) is 3. The molecule has 1 saturated carbocycles. The van der Waals surface area contributed by atoms with Gasteiger partial charge < -0.3 is 15.5 Å². The fraction of sp³-hybridized carbons (Fsp3) is 0.467. The number of aliphatic carboxylic acids is 1. The first-order chi connectivity index (χ1) is 9.38. The average Bonchev–Trinajstić information content (AvgIpc) is 2.41. The molecular formula is C15H19NO4. The number of rotatable bonds is 5. The number of aryl methyl sites for hydroxylation is 1. The Morgan fingerprint density at radius 2 is 2.00 bits per heavy atom. The molecule has 2 rings (SSSR count). The van der Waals surface area contributed by atoms with E-state index in [0.717, 1.165) is 12.0 Å². The molecule has 20 heavy (non-hydrogen) atoms. The molecule has 2 atom stereocenters. The van der Waals surface area contributed by atoms with Gasteiger partial charge in [-0.05, 0) is 43.9 Å². The number of benzene rings is 1. The van der Waals surface area contributed by atoms with Gasteiger partial charge in [-0.15, -0.1) is 0 Å². The summed E-state index contributed by atoms with van der Waals surface area (Å²) in [6.07, 6.45) is 2.02. The van der Waals surface area contributed by atoms with E-state index >= 15 is 0 Å². The van der Waals surface area contributed by atoms with Crippen LogP contribution in [0.2, 0.25) is 0 Å². The zero-order valence-corrected chi connectivity index (χ0v) is 11.4. The zero-order valence-electron chi connectivity index (χ0n) is 11.4. The van der Waals surface area contributed by atoms with Crippen molar-refractivity contribution in [2.75, 3.05) is 0 Å². The molecule has 0 saturated heterocycles. The Morgan fingerprint density at radius 1 is 1.35 bits per heavy atom. The van der Waals surface area contributed by atoms with Crippen LogP contribution >= 0.6 is 0 Å². The number of carbonyl (C=O) groups is 2. The Bertz CT molecular complexity index is 507. The maximum Gasteiger partial charge on any atom is 0.303 e. The highest BCUT2D eigenvalue weighted by molar-refractivity contribution is 5.94. The van der Waals surface area contributed by atoms with Gasteiger partial charge in [-0.25, -0.2) is 0 Å². The van der Waals surface area contributed by atoms with Gasteiger partial charge in [-0.1, -0.05) is 12.1 Å². The number of carboxylic acids is 1. The third-order valence-electron chi connectivity index (χ3n) is 3.84. The van der Waals surface area contributed by atoms with Crippen LogP contribution in [-0.2, 0) is 11.2 Å². The van der Waals surface area contributed by atoms with E-state index in [9.17, 15) is 14.7 Å². The highest BCUT2D eigenvalue weighted by Gasteiger charge is 2.41. The Kier molecular flexibility index (Phi) is 4.09. The fourth-order valence-corrected chi connectivity index (χ4v) is 2.25. The van der Waals surface area contributed by atoms with Gasteiger partial charge in [0.25, 0.3) is 5.91 Å². The summed E-state index contributed by atoms with van der Waals surface area (Å²) in [5.41, 5.74) is 0.600. The van der Waals surface area contributed by atoms with Crippen LogP contribution < -0.4 is 5.32 Å². The van der Waals surface area contributed by atoms with Crippen LogP contribution in [0.3, 0.4) is 0 Å². The summed E-state index contributed by atoms with van der Waals surface area (Å²) in [7, 11) is 0. The Hall–Kier alpha value is -1.88. The van der Waals surface area contributed by atoms with Crippen molar-refractivity contribution in [2.24, 2.45) is 0 Å². The smallest absolute Gasteiger partial charge is 0.303 e. The van der Waals surface area contributed by atoms with Crippen molar-refractivity contribution in [3.8, 4) is 0 Å². The minimum atomic E-state index is -0.834. The number of hydrogen-bond donors (Lipinski definition) is 3. The largest absolute Gasteiger partial charge is 0.481 e. The first-order valence-corrected chi connectivity index (χ1v) is 6.72. The van der Waals surface area contributed by atoms with Crippen molar-refractivity contribution < 1.29 is 19.8 Å². The summed E-state index contributed by atoms with van der Waals surface area (Å²) in [6.45, 7) is 1.72. The number of aliphatic hydroxyl groups is 1. The van der Waals surface area contributed by atoms with E-state index in [2.05, 4.69) is 5.32 Å². The summed E-state index contributed by atoms with van der Waals surface area (Å²) in [5.74, 6) is -1.04. The van der Waals surface area contributed by atoms with Gasteiger partial charge in [0.2, 0.25) is 0 Å². The molecule has 0 aromatic heterocycles. The highest BCUT2D eigenvalue weighted by atomic mass is 16.4. The van der Waals surface area contributed by atoms with Gasteiger partial charge in [-0.2, -0.15) is 0 Å². The third-order valence-corrected chi connectivity index (χ3v) is 3.84. The normalized spacial score (nSPS) is 24.8. The molecule has 0 unspecified atom stereocenters. The van der Waals surface area contributed by atoms with E-state index in [4.69, 9.17) is 5.11 Å². The van der Waals surface area contributed by atoms with Gasteiger partial charge in [-0.3, -0.25) is 9.59 Å². The molecule has 1 aromatic carbocycles. The van der Waals surface area contributed by atoms with Crippen LogP contribution in [0.4, 0.5) is 0 Å². The summed E-state index contributed by atoms with van der Waals surface area (Å²) < 4.78 is 0.